The Morgan fingerprint density at radius 1 is 1.42 bits per heavy atom. The molecule has 7 heteroatoms. The van der Waals surface area contributed by atoms with Crippen LogP contribution in [-0.2, 0) is 4.79 Å². The summed E-state index contributed by atoms with van der Waals surface area (Å²) in [5.41, 5.74) is 0. The van der Waals surface area contributed by atoms with Crippen LogP contribution in [0.4, 0.5) is 4.79 Å². The fraction of sp³-hybridized carbons (Fsp3) is 0.833. The fourth-order valence-corrected chi connectivity index (χ4v) is 2.32. The molecule has 0 aliphatic carbocycles. The second-order valence-corrected chi connectivity index (χ2v) is 5.14. The number of β-amino-alcohol motifs (C(OH)–C–C–N with tert-alkyl or cyclic N) is 1. The number of rotatable bonds is 5. The van der Waals surface area contributed by atoms with Crippen LogP contribution in [0, 0.1) is 0 Å². The summed E-state index contributed by atoms with van der Waals surface area (Å²) < 4.78 is 0. The van der Waals surface area contributed by atoms with Gasteiger partial charge in [-0.25, -0.2) is 4.79 Å². The van der Waals surface area contributed by atoms with Gasteiger partial charge in [-0.3, -0.25) is 15.0 Å². The number of nitrogens with zero attached hydrogens (tertiary/aromatic N) is 2. The Labute approximate surface area is 113 Å². The predicted molar refractivity (Wildman–Crippen MR) is 71.8 cm³/mol. The van der Waals surface area contributed by atoms with Crippen LogP contribution in [0.5, 0.6) is 0 Å². The average Bonchev–Trinajstić information content (AvgIpc) is 2.57. The number of nitrogens with one attached hydrogen (secondary N) is 2. The summed E-state index contributed by atoms with van der Waals surface area (Å²) in [5, 5.41) is 14.5. The highest BCUT2D eigenvalue weighted by atomic mass is 16.3. The number of amides is 3. The summed E-state index contributed by atoms with van der Waals surface area (Å²) in [6, 6.07) is -0.332. The van der Waals surface area contributed by atoms with Gasteiger partial charge in [0.1, 0.15) is 0 Å². The van der Waals surface area contributed by atoms with Crippen molar-refractivity contribution < 1.29 is 14.7 Å². The second kappa shape index (κ2) is 7.42. The lowest BCUT2D eigenvalue weighted by atomic mass is 10.2. The Hall–Kier alpha value is -1.18. The molecule has 1 heterocycles. The van der Waals surface area contributed by atoms with Crippen molar-refractivity contribution in [2.24, 2.45) is 0 Å². The molecule has 1 fully saturated rings. The Kier molecular flexibility index (Phi) is 6.20. The quantitative estimate of drug-likeness (QED) is 0.587. The molecule has 0 bridgehead atoms. The van der Waals surface area contributed by atoms with Crippen LogP contribution in [0.25, 0.3) is 0 Å². The normalized spacial score (nSPS) is 23.6. The van der Waals surface area contributed by atoms with E-state index in [4.69, 9.17) is 0 Å². The van der Waals surface area contributed by atoms with E-state index in [2.05, 4.69) is 10.6 Å². The van der Waals surface area contributed by atoms with Crippen LogP contribution in [0.15, 0.2) is 0 Å². The van der Waals surface area contributed by atoms with Crippen molar-refractivity contribution in [2.75, 3.05) is 40.3 Å². The lowest BCUT2D eigenvalue weighted by molar-refractivity contribution is -0.121. The van der Waals surface area contributed by atoms with E-state index in [9.17, 15) is 14.7 Å². The number of imide groups is 1. The minimum absolute atomic E-state index is 0.132. The lowest BCUT2D eigenvalue weighted by Gasteiger charge is -2.25. The molecule has 3 amide bonds. The molecule has 19 heavy (non-hydrogen) atoms. The first-order valence-electron chi connectivity index (χ1n) is 6.56. The molecular formula is C12H24N4O3. The van der Waals surface area contributed by atoms with Crippen LogP contribution < -0.4 is 10.6 Å². The molecule has 0 aromatic heterocycles. The first-order valence-corrected chi connectivity index (χ1v) is 6.56. The van der Waals surface area contributed by atoms with Crippen molar-refractivity contribution in [3.05, 3.63) is 0 Å². The summed E-state index contributed by atoms with van der Waals surface area (Å²) >= 11 is 0. The number of likely N-dealkylation sites (N-methyl/N-ethyl adjacent to an activating group) is 1. The topological polar surface area (TPSA) is 84.9 Å². The number of aliphatic hydroxyl groups is 1. The largest absolute Gasteiger partial charge is 0.392 e. The standard InChI is InChI=1S/C12H24N4O3/c1-4-13-12(19)14-11(18)8-16-7-10(17)5-9(16)6-15(2)3/h9-10,17H,4-8H2,1-3H3,(H2,13,14,18,19). The molecule has 1 aliphatic rings. The summed E-state index contributed by atoms with van der Waals surface area (Å²) in [5.74, 6) is -0.344. The van der Waals surface area contributed by atoms with Crippen LogP contribution in [0.2, 0.25) is 0 Å². The van der Waals surface area contributed by atoms with Crippen LogP contribution in [0.1, 0.15) is 13.3 Å². The Bertz CT molecular complexity index is 322. The van der Waals surface area contributed by atoms with Crippen molar-refractivity contribution in [3.8, 4) is 0 Å². The summed E-state index contributed by atoms with van der Waals surface area (Å²) in [6.07, 6.45) is 0.259. The van der Waals surface area contributed by atoms with Crippen molar-refractivity contribution >= 4 is 11.9 Å². The van der Waals surface area contributed by atoms with Crippen molar-refractivity contribution in [2.45, 2.75) is 25.5 Å². The van der Waals surface area contributed by atoms with E-state index in [1.165, 1.54) is 0 Å². The maximum absolute atomic E-state index is 11.7. The molecule has 2 unspecified atom stereocenters. The number of aliphatic hydroxyl groups excluding tert-OH is 1. The highest BCUT2D eigenvalue weighted by Crippen LogP contribution is 2.17. The minimum atomic E-state index is -0.476. The molecule has 1 aliphatic heterocycles. The Morgan fingerprint density at radius 2 is 2.11 bits per heavy atom. The summed E-state index contributed by atoms with van der Waals surface area (Å²) in [7, 11) is 3.91. The minimum Gasteiger partial charge on any atom is -0.392 e. The molecule has 0 aromatic carbocycles. The van der Waals surface area contributed by atoms with Crippen LogP contribution >= 0.6 is 0 Å². The van der Waals surface area contributed by atoms with E-state index < -0.39 is 12.1 Å². The molecule has 7 nitrogen and oxygen atoms in total. The van der Waals surface area contributed by atoms with Gasteiger partial charge in [0.25, 0.3) is 0 Å². The number of likely N-dealkylation sites (tertiary alicyclic amines) is 1. The highest BCUT2D eigenvalue weighted by Gasteiger charge is 2.32. The summed E-state index contributed by atoms with van der Waals surface area (Å²) in [4.78, 5) is 26.9. The molecule has 1 rings (SSSR count). The third-order valence-electron chi connectivity index (χ3n) is 3.02. The zero-order chi connectivity index (χ0) is 14.4. The third-order valence-corrected chi connectivity index (χ3v) is 3.02. The number of carbonyl (C=O) groups excluding carboxylic acids is 2. The van der Waals surface area contributed by atoms with Gasteiger partial charge >= 0.3 is 6.03 Å². The van der Waals surface area contributed by atoms with Gasteiger partial charge in [0.2, 0.25) is 5.91 Å². The summed E-state index contributed by atoms with van der Waals surface area (Å²) in [6.45, 7) is 3.65. The van der Waals surface area contributed by atoms with E-state index in [1.54, 1.807) is 6.92 Å². The Balaban J connectivity index is 2.44. The molecule has 2 atom stereocenters. The van der Waals surface area contributed by atoms with Gasteiger partial charge in [-0.15, -0.1) is 0 Å². The van der Waals surface area contributed by atoms with E-state index in [1.807, 2.05) is 23.9 Å². The predicted octanol–water partition coefficient (Wildman–Crippen LogP) is -1.17. The van der Waals surface area contributed by atoms with Crippen molar-refractivity contribution in [3.63, 3.8) is 0 Å². The second-order valence-electron chi connectivity index (χ2n) is 5.14. The molecule has 0 radical (unpaired) electrons. The monoisotopic (exact) mass is 272 g/mol. The van der Waals surface area contributed by atoms with Crippen molar-refractivity contribution in [1.29, 1.82) is 0 Å². The van der Waals surface area contributed by atoms with Gasteiger partial charge in [-0.2, -0.15) is 0 Å². The molecular weight excluding hydrogens is 248 g/mol. The molecule has 0 saturated carbocycles. The van der Waals surface area contributed by atoms with Gasteiger partial charge in [0.05, 0.1) is 12.6 Å². The first-order chi connectivity index (χ1) is 8.92. The van der Waals surface area contributed by atoms with E-state index in [-0.39, 0.29) is 18.5 Å². The SMILES string of the molecule is CCNC(=O)NC(=O)CN1CC(O)CC1CN(C)C. The van der Waals surface area contributed by atoms with Gasteiger partial charge in [-0.05, 0) is 27.4 Å². The van der Waals surface area contributed by atoms with Gasteiger partial charge in [0.15, 0.2) is 0 Å². The lowest BCUT2D eigenvalue weighted by Crippen LogP contribution is -2.47. The van der Waals surface area contributed by atoms with Crippen molar-refractivity contribution in [1.82, 2.24) is 20.4 Å². The number of urea groups is 1. The number of hydrogen-bond donors (Lipinski definition) is 3. The molecule has 1 saturated heterocycles. The van der Waals surface area contributed by atoms with E-state index >= 15 is 0 Å². The average molecular weight is 272 g/mol. The molecule has 0 spiro atoms. The van der Waals surface area contributed by atoms with Crippen LogP contribution in [-0.4, -0.2) is 79.3 Å². The van der Waals surface area contributed by atoms with Gasteiger partial charge in [-0.1, -0.05) is 0 Å². The third kappa shape index (κ3) is 5.54. The molecule has 0 aromatic rings. The highest BCUT2D eigenvalue weighted by molar-refractivity contribution is 5.95. The first kappa shape index (κ1) is 15.9. The smallest absolute Gasteiger partial charge is 0.321 e. The maximum atomic E-state index is 11.7. The fourth-order valence-electron chi connectivity index (χ4n) is 2.32. The zero-order valence-corrected chi connectivity index (χ0v) is 11.8. The van der Waals surface area contributed by atoms with Gasteiger partial charge in [0, 0.05) is 25.7 Å². The Morgan fingerprint density at radius 3 is 2.68 bits per heavy atom. The zero-order valence-electron chi connectivity index (χ0n) is 11.8. The number of carbonyl (C=O) groups is 2. The number of hydrogen-bond acceptors (Lipinski definition) is 5. The van der Waals surface area contributed by atoms with Gasteiger partial charge < -0.3 is 15.3 Å². The molecule has 3 N–H and O–H groups in total. The molecule has 110 valence electrons. The maximum Gasteiger partial charge on any atom is 0.321 e. The van der Waals surface area contributed by atoms with Crippen LogP contribution in [0.3, 0.4) is 0 Å². The van der Waals surface area contributed by atoms with E-state index in [0.717, 1.165) is 6.54 Å². The van der Waals surface area contributed by atoms with E-state index in [0.29, 0.717) is 19.5 Å².